The fourth-order valence-corrected chi connectivity index (χ4v) is 4.79. The third kappa shape index (κ3) is 4.70. The molecule has 3 heterocycles. The molecule has 0 spiro atoms. The van der Waals surface area contributed by atoms with E-state index in [2.05, 4.69) is 40.2 Å². The van der Waals surface area contributed by atoms with Crippen molar-refractivity contribution in [3.05, 3.63) is 41.0 Å². The molecule has 0 saturated carbocycles. The number of aromatic nitrogens is 3. The third-order valence-corrected chi connectivity index (χ3v) is 6.87. The van der Waals surface area contributed by atoms with Crippen LogP contribution in [0.15, 0.2) is 28.8 Å². The van der Waals surface area contributed by atoms with Gasteiger partial charge in [-0.25, -0.2) is 4.98 Å². The van der Waals surface area contributed by atoms with Gasteiger partial charge in [-0.3, -0.25) is 9.69 Å². The average Bonchev–Trinajstić information content (AvgIpc) is 3.40. The number of hydrogen-bond donors (Lipinski definition) is 0. The van der Waals surface area contributed by atoms with Crippen LogP contribution in [-0.2, 0) is 11.2 Å². The molecule has 1 fully saturated rings. The first-order chi connectivity index (χ1) is 14.5. The van der Waals surface area contributed by atoms with E-state index in [1.54, 1.807) is 11.3 Å². The van der Waals surface area contributed by atoms with Crippen LogP contribution in [0.3, 0.4) is 0 Å². The number of nitrogens with zero attached hydrogens (tertiary/aromatic N) is 5. The molecule has 0 aliphatic carbocycles. The predicted octanol–water partition coefficient (Wildman–Crippen LogP) is 4.03. The van der Waals surface area contributed by atoms with Crippen molar-refractivity contribution in [3.8, 4) is 0 Å². The maximum Gasteiger partial charge on any atom is 0.226 e. The summed E-state index contributed by atoms with van der Waals surface area (Å²) in [5, 5.41) is 5.12. The maximum absolute atomic E-state index is 12.6. The Kier molecular flexibility index (Phi) is 6.43. The summed E-state index contributed by atoms with van der Waals surface area (Å²) in [6.45, 7) is 9.59. The van der Waals surface area contributed by atoms with E-state index in [-0.39, 0.29) is 17.9 Å². The number of rotatable bonds is 7. The largest absolute Gasteiger partial charge is 0.340 e. The van der Waals surface area contributed by atoms with E-state index in [0.29, 0.717) is 18.7 Å². The predicted molar refractivity (Wildman–Crippen MR) is 118 cm³/mol. The topological polar surface area (TPSA) is 75.4 Å². The summed E-state index contributed by atoms with van der Waals surface area (Å²) < 4.78 is 6.49. The lowest BCUT2D eigenvalue weighted by Crippen LogP contribution is -2.49. The lowest BCUT2D eigenvalue weighted by atomic mass is 10.2. The molecule has 0 bridgehead atoms. The summed E-state index contributed by atoms with van der Waals surface area (Å²) in [5.74, 6) is 1.83. The number of piperazine rings is 1. The van der Waals surface area contributed by atoms with Crippen molar-refractivity contribution in [2.45, 2.75) is 52.0 Å². The normalized spacial score (nSPS) is 16.5. The monoisotopic (exact) mass is 427 g/mol. The molecule has 1 amide bonds. The first-order valence-corrected chi connectivity index (χ1v) is 11.5. The fourth-order valence-electron chi connectivity index (χ4n) is 3.74. The number of benzene rings is 1. The van der Waals surface area contributed by atoms with Gasteiger partial charge in [0.1, 0.15) is 5.01 Å². The highest BCUT2D eigenvalue weighted by Crippen LogP contribution is 2.30. The SMILES string of the molecule is CC(C)c1noc(CCCC(=O)N2CCN([C@H](C)c3nc4ccccc4s3)CC2)n1. The molecule has 4 rings (SSSR count). The van der Waals surface area contributed by atoms with E-state index in [9.17, 15) is 4.79 Å². The number of aryl methyl sites for hydroxylation is 1. The summed E-state index contributed by atoms with van der Waals surface area (Å²) in [7, 11) is 0. The molecule has 1 saturated heterocycles. The second-order valence-electron chi connectivity index (χ2n) is 8.17. The van der Waals surface area contributed by atoms with Crippen molar-refractivity contribution < 1.29 is 9.32 Å². The van der Waals surface area contributed by atoms with Gasteiger partial charge in [0.05, 0.1) is 16.3 Å². The molecule has 1 aromatic carbocycles. The number of carbonyl (C=O) groups is 1. The zero-order valence-electron chi connectivity index (χ0n) is 17.9. The minimum Gasteiger partial charge on any atom is -0.340 e. The first-order valence-electron chi connectivity index (χ1n) is 10.7. The lowest BCUT2D eigenvalue weighted by molar-refractivity contribution is -0.133. The van der Waals surface area contributed by atoms with Crippen molar-refractivity contribution in [2.75, 3.05) is 26.2 Å². The average molecular weight is 428 g/mol. The second kappa shape index (κ2) is 9.22. The molecule has 160 valence electrons. The Balaban J connectivity index is 1.23. The number of carbonyl (C=O) groups excluding carboxylic acids is 1. The Morgan fingerprint density at radius 3 is 2.60 bits per heavy atom. The van der Waals surface area contributed by atoms with Crippen molar-refractivity contribution in [1.29, 1.82) is 0 Å². The van der Waals surface area contributed by atoms with Crippen LogP contribution in [0.5, 0.6) is 0 Å². The van der Waals surface area contributed by atoms with E-state index < -0.39 is 0 Å². The molecule has 2 aromatic heterocycles. The van der Waals surface area contributed by atoms with Crippen LogP contribution >= 0.6 is 11.3 Å². The summed E-state index contributed by atoms with van der Waals surface area (Å²) in [5.41, 5.74) is 1.07. The van der Waals surface area contributed by atoms with Crippen LogP contribution in [0.4, 0.5) is 0 Å². The Morgan fingerprint density at radius 2 is 1.90 bits per heavy atom. The van der Waals surface area contributed by atoms with Crippen LogP contribution in [-0.4, -0.2) is 57.0 Å². The van der Waals surface area contributed by atoms with Crippen molar-refractivity contribution >= 4 is 27.5 Å². The molecule has 0 radical (unpaired) electrons. The first kappa shape index (κ1) is 20.9. The maximum atomic E-state index is 12.6. The van der Waals surface area contributed by atoms with Gasteiger partial charge in [-0.05, 0) is 25.5 Å². The lowest BCUT2D eigenvalue weighted by Gasteiger charge is -2.37. The summed E-state index contributed by atoms with van der Waals surface area (Å²) >= 11 is 1.77. The van der Waals surface area contributed by atoms with Crippen molar-refractivity contribution in [2.24, 2.45) is 0 Å². The minimum atomic E-state index is 0.214. The van der Waals surface area contributed by atoms with Gasteiger partial charge in [-0.15, -0.1) is 11.3 Å². The quantitative estimate of drug-likeness (QED) is 0.567. The van der Waals surface area contributed by atoms with Crippen LogP contribution in [0.2, 0.25) is 0 Å². The van der Waals surface area contributed by atoms with Crippen LogP contribution in [0, 0.1) is 0 Å². The zero-order valence-corrected chi connectivity index (χ0v) is 18.7. The van der Waals surface area contributed by atoms with Crippen molar-refractivity contribution in [1.82, 2.24) is 24.9 Å². The van der Waals surface area contributed by atoms with Gasteiger partial charge < -0.3 is 9.42 Å². The van der Waals surface area contributed by atoms with Crippen molar-refractivity contribution in [3.63, 3.8) is 0 Å². The Hall–Kier alpha value is -2.32. The highest BCUT2D eigenvalue weighted by Gasteiger charge is 2.26. The van der Waals surface area contributed by atoms with Gasteiger partial charge in [-0.2, -0.15) is 4.98 Å². The third-order valence-electron chi connectivity index (χ3n) is 5.66. The molecule has 1 aliphatic rings. The fraction of sp³-hybridized carbons (Fsp3) is 0.545. The Labute approximate surface area is 181 Å². The highest BCUT2D eigenvalue weighted by atomic mass is 32.1. The van der Waals surface area contributed by atoms with E-state index in [4.69, 9.17) is 9.51 Å². The second-order valence-corrected chi connectivity index (χ2v) is 9.23. The summed E-state index contributed by atoms with van der Waals surface area (Å²) in [6, 6.07) is 8.55. The van der Waals surface area contributed by atoms with E-state index in [1.807, 2.05) is 24.8 Å². The van der Waals surface area contributed by atoms with Gasteiger partial charge in [0.15, 0.2) is 5.82 Å². The minimum absolute atomic E-state index is 0.214. The van der Waals surface area contributed by atoms with Gasteiger partial charge in [0.2, 0.25) is 11.8 Å². The number of para-hydroxylation sites is 1. The number of amides is 1. The number of thiazole rings is 1. The molecular formula is C22H29N5O2S. The van der Waals surface area contributed by atoms with E-state index in [0.717, 1.165) is 48.9 Å². The van der Waals surface area contributed by atoms with Crippen LogP contribution in [0.25, 0.3) is 10.2 Å². The molecule has 7 nitrogen and oxygen atoms in total. The van der Waals surface area contributed by atoms with Crippen LogP contribution < -0.4 is 0 Å². The highest BCUT2D eigenvalue weighted by molar-refractivity contribution is 7.18. The smallest absolute Gasteiger partial charge is 0.226 e. The molecule has 3 aromatic rings. The van der Waals surface area contributed by atoms with Gasteiger partial charge in [-0.1, -0.05) is 31.1 Å². The Bertz CT molecular complexity index is 957. The zero-order chi connectivity index (χ0) is 21.1. The summed E-state index contributed by atoms with van der Waals surface area (Å²) in [4.78, 5) is 26.2. The molecule has 0 N–H and O–H groups in total. The molecular weight excluding hydrogens is 398 g/mol. The van der Waals surface area contributed by atoms with Gasteiger partial charge in [0.25, 0.3) is 0 Å². The summed E-state index contributed by atoms with van der Waals surface area (Å²) in [6.07, 6.45) is 1.91. The molecule has 1 atom stereocenters. The van der Waals surface area contributed by atoms with Gasteiger partial charge in [0, 0.05) is 44.9 Å². The van der Waals surface area contributed by atoms with E-state index >= 15 is 0 Å². The molecule has 0 unspecified atom stereocenters. The molecule has 8 heteroatoms. The van der Waals surface area contributed by atoms with E-state index in [1.165, 1.54) is 4.70 Å². The van der Waals surface area contributed by atoms with Gasteiger partial charge >= 0.3 is 0 Å². The molecule has 30 heavy (non-hydrogen) atoms. The number of fused-ring (bicyclic) bond motifs is 1. The van der Waals surface area contributed by atoms with Crippen LogP contribution in [0.1, 0.15) is 62.3 Å². The standard InChI is InChI=1S/C22H29N5O2S/c1-15(2)21-24-19(29-25-21)9-6-10-20(28)27-13-11-26(12-14-27)16(3)22-23-17-7-4-5-8-18(17)30-22/h4-5,7-8,15-16H,6,9-14H2,1-3H3/t16-/m1/s1. The Morgan fingerprint density at radius 1 is 1.13 bits per heavy atom. The molecule has 1 aliphatic heterocycles. The number of hydrogen-bond acceptors (Lipinski definition) is 7.